The van der Waals surface area contributed by atoms with Crippen molar-refractivity contribution < 1.29 is 8.42 Å². The Morgan fingerprint density at radius 1 is 1.25 bits per heavy atom. The van der Waals surface area contributed by atoms with Crippen molar-refractivity contribution in [1.82, 2.24) is 9.62 Å². The average molecular weight is 299 g/mol. The number of hydrogen-bond donors (Lipinski definition) is 2. The molecule has 0 amide bonds. The lowest BCUT2D eigenvalue weighted by molar-refractivity contribution is 0.314. The molecule has 114 valence electrons. The van der Waals surface area contributed by atoms with E-state index in [2.05, 4.69) is 4.72 Å². The van der Waals surface area contributed by atoms with E-state index < -0.39 is 10.0 Å². The molecule has 1 rings (SSSR count). The number of nitrogens with two attached hydrogens (primary N) is 1. The van der Waals surface area contributed by atoms with E-state index in [1.807, 2.05) is 32.8 Å². The summed E-state index contributed by atoms with van der Waals surface area (Å²) in [6, 6.07) is 6.93. The SMILES string of the molecule is CC(C)C(CN(C)C)NS(=O)(=O)Cc1ccccc1N. The minimum Gasteiger partial charge on any atom is -0.398 e. The Kier molecular flexibility index (Phi) is 5.98. The van der Waals surface area contributed by atoms with Crippen molar-refractivity contribution in [2.45, 2.75) is 25.6 Å². The number of nitrogen functional groups attached to an aromatic ring is 1. The first-order valence-corrected chi connectivity index (χ1v) is 8.34. The standard InChI is InChI=1S/C14H25N3O2S/c1-11(2)14(9-17(3)4)16-20(18,19)10-12-7-5-6-8-13(12)15/h5-8,11,14,16H,9-10,15H2,1-4H3. The van der Waals surface area contributed by atoms with Crippen molar-refractivity contribution in [3.8, 4) is 0 Å². The lowest BCUT2D eigenvalue weighted by atomic mass is 10.1. The molecule has 20 heavy (non-hydrogen) atoms. The van der Waals surface area contributed by atoms with E-state index in [0.717, 1.165) is 0 Å². The second-order valence-corrected chi connectivity index (χ2v) is 7.44. The van der Waals surface area contributed by atoms with Gasteiger partial charge < -0.3 is 10.6 Å². The van der Waals surface area contributed by atoms with Gasteiger partial charge in [0.25, 0.3) is 0 Å². The van der Waals surface area contributed by atoms with Crippen LogP contribution in [-0.2, 0) is 15.8 Å². The van der Waals surface area contributed by atoms with Crippen LogP contribution in [0, 0.1) is 5.92 Å². The lowest BCUT2D eigenvalue weighted by Gasteiger charge is -2.25. The maximum atomic E-state index is 12.3. The van der Waals surface area contributed by atoms with E-state index in [0.29, 0.717) is 17.8 Å². The molecule has 0 saturated heterocycles. The van der Waals surface area contributed by atoms with Gasteiger partial charge in [0.1, 0.15) is 0 Å². The van der Waals surface area contributed by atoms with Gasteiger partial charge in [0.2, 0.25) is 10.0 Å². The molecule has 0 spiro atoms. The predicted molar refractivity (Wildman–Crippen MR) is 83.8 cm³/mol. The molecule has 1 unspecified atom stereocenters. The Labute approximate surface area is 122 Å². The van der Waals surface area contributed by atoms with Gasteiger partial charge in [-0.15, -0.1) is 0 Å². The molecule has 0 saturated carbocycles. The van der Waals surface area contributed by atoms with Crippen molar-refractivity contribution in [3.05, 3.63) is 29.8 Å². The molecule has 0 aromatic heterocycles. The highest BCUT2D eigenvalue weighted by atomic mass is 32.2. The van der Waals surface area contributed by atoms with E-state index in [1.54, 1.807) is 24.3 Å². The summed E-state index contributed by atoms with van der Waals surface area (Å²) in [6.45, 7) is 4.68. The van der Waals surface area contributed by atoms with Crippen LogP contribution in [0.25, 0.3) is 0 Å². The van der Waals surface area contributed by atoms with Crippen LogP contribution in [0.1, 0.15) is 19.4 Å². The zero-order valence-electron chi connectivity index (χ0n) is 12.6. The Morgan fingerprint density at radius 3 is 2.35 bits per heavy atom. The number of rotatable bonds is 7. The third-order valence-corrected chi connectivity index (χ3v) is 4.45. The number of benzene rings is 1. The Bertz CT molecular complexity index is 527. The fraction of sp³-hybridized carbons (Fsp3) is 0.571. The Morgan fingerprint density at radius 2 is 1.85 bits per heavy atom. The van der Waals surface area contributed by atoms with E-state index in [-0.39, 0.29) is 17.7 Å². The van der Waals surface area contributed by atoms with Gasteiger partial charge in [-0.05, 0) is 31.6 Å². The summed E-state index contributed by atoms with van der Waals surface area (Å²) in [5.41, 5.74) is 6.94. The van der Waals surface area contributed by atoms with E-state index in [1.165, 1.54) is 0 Å². The minimum absolute atomic E-state index is 0.0870. The van der Waals surface area contributed by atoms with E-state index >= 15 is 0 Å². The van der Waals surface area contributed by atoms with Gasteiger partial charge in [0.05, 0.1) is 5.75 Å². The van der Waals surface area contributed by atoms with Gasteiger partial charge in [0.15, 0.2) is 0 Å². The smallest absolute Gasteiger partial charge is 0.216 e. The minimum atomic E-state index is -3.40. The van der Waals surface area contributed by atoms with Crippen LogP contribution in [0.5, 0.6) is 0 Å². The topological polar surface area (TPSA) is 75.4 Å². The molecule has 1 aromatic carbocycles. The zero-order chi connectivity index (χ0) is 15.3. The highest BCUT2D eigenvalue weighted by Gasteiger charge is 2.22. The molecule has 0 radical (unpaired) electrons. The van der Waals surface area contributed by atoms with Gasteiger partial charge in [0, 0.05) is 18.3 Å². The maximum absolute atomic E-state index is 12.3. The molecule has 6 heteroatoms. The molecule has 0 fully saturated rings. The third kappa shape index (κ3) is 5.48. The molecule has 0 heterocycles. The number of anilines is 1. The number of nitrogens with one attached hydrogen (secondary N) is 1. The highest BCUT2D eigenvalue weighted by molar-refractivity contribution is 7.88. The number of sulfonamides is 1. The Balaban J connectivity index is 2.80. The molecule has 0 bridgehead atoms. The molecule has 0 aliphatic rings. The second-order valence-electron chi connectivity index (χ2n) is 5.69. The van der Waals surface area contributed by atoms with Gasteiger partial charge in [-0.1, -0.05) is 32.0 Å². The average Bonchev–Trinajstić information content (AvgIpc) is 2.30. The molecule has 0 aliphatic carbocycles. The number of nitrogens with zero attached hydrogens (tertiary/aromatic N) is 1. The van der Waals surface area contributed by atoms with Crippen LogP contribution in [-0.4, -0.2) is 40.0 Å². The first kappa shape index (κ1) is 16.9. The van der Waals surface area contributed by atoms with Gasteiger partial charge in [-0.25, -0.2) is 13.1 Å². The van der Waals surface area contributed by atoms with Crippen molar-refractivity contribution in [2.75, 3.05) is 26.4 Å². The normalized spacial score (nSPS) is 13.9. The van der Waals surface area contributed by atoms with Crippen LogP contribution in [0.4, 0.5) is 5.69 Å². The van der Waals surface area contributed by atoms with Gasteiger partial charge in [-0.3, -0.25) is 0 Å². The number of hydrogen-bond acceptors (Lipinski definition) is 4. The zero-order valence-corrected chi connectivity index (χ0v) is 13.4. The molecule has 5 nitrogen and oxygen atoms in total. The lowest BCUT2D eigenvalue weighted by Crippen LogP contribution is -2.45. The summed E-state index contributed by atoms with van der Waals surface area (Å²) >= 11 is 0. The molecule has 0 aliphatic heterocycles. The largest absolute Gasteiger partial charge is 0.398 e. The van der Waals surface area contributed by atoms with Crippen molar-refractivity contribution in [2.24, 2.45) is 5.92 Å². The van der Waals surface area contributed by atoms with Gasteiger partial charge in [-0.2, -0.15) is 0 Å². The van der Waals surface area contributed by atoms with Crippen molar-refractivity contribution in [1.29, 1.82) is 0 Å². The van der Waals surface area contributed by atoms with E-state index in [4.69, 9.17) is 5.73 Å². The van der Waals surface area contributed by atoms with E-state index in [9.17, 15) is 8.42 Å². The summed E-state index contributed by atoms with van der Waals surface area (Å²) in [4.78, 5) is 1.98. The number of para-hydroxylation sites is 1. The summed E-state index contributed by atoms with van der Waals surface area (Å²) < 4.78 is 27.3. The first-order chi connectivity index (χ1) is 9.21. The Hall–Kier alpha value is -1.11. The van der Waals surface area contributed by atoms with Crippen LogP contribution in [0.2, 0.25) is 0 Å². The fourth-order valence-electron chi connectivity index (χ4n) is 1.92. The molecular weight excluding hydrogens is 274 g/mol. The van der Waals surface area contributed by atoms with Crippen molar-refractivity contribution >= 4 is 15.7 Å². The monoisotopic (exact) mass is 299 g/mol. The highest BCUT2D eigenvalue weighted by Crippen LogP contribution is 2.15. The quantitative estimate of drug-likeness (QED) is 0.744. The molecular formula is C14H25N3O2S. The van der Waals surface area contributed by atoms with Crippen molar-refractivity contribution in [3.63, 3.8) is 0 Å². The first-order valence-electron chi connectivity index (χ1n) is 6.69. The predicted octanol–water partition coefficient (Wildman–Crippen LogP) is 1.27. The molecule has 1 aromatic rings. The van der Waals surface area contributed by atoms with Crippen LogP contribution >= 0.6 is 0 Å². The maximum Gasteiger partial charge on any atom is 0.216 e. The summed E-state index contributed by atoms with van der Waals surface area (Å²) in [7, 11) is 0.455. The summed E-state index contributed by atoms with van der Waals surface area (Å²) in [5, 5.41) is 0. The second kappa shape index (κ2) is 7.06. The molecule has 3 N–H and O–H groups in total. The third-order valence-electron chi connectivity index (χ3n) is 3.10. The number of likely N-dealkylation sites (N-methyl/N-ethyl adjacent to an activating group) is 1. The van der Waals surface area contributed by atoms with Crippen LogP contribution in [0.15, 0.2) is 24.3 Å². The summed E-state index contributed by atoms with van der Waals surface area (Å²) in [6.07, 6.45) is 0. The summed E-state index contributed by atoms with van der Waals surface area (Å²) in [5.74, 6) is 0.136. The molecule has 1 atom stereocenters. The van der Waals surface area contributed by atoms with Gasteiger partial charge >= 0.3 is 0 Å². The van der Waals surface area contributed by atoms with Crippen LogP contribution < -0.4 is 10.5 Å². The van der Waals surface area contributed by atoms with Crippen LogP contribution in [0.3, 0.4) is 0 Å². The fourth-order valence-corrected chi connectivity index (χ4v) is 3.48.